The maximum Gasteiger partial charge on any atom is 0.154 e. The van der Waals surface area contributed by atoms with Crippen LogP contribution in [-0.4, -0.2) is 7.05 Å². The third-order valence-corrected chi connectivity index (χ3v) is 1.60. The van der Waals surface area contributed by atoms with E-state index in [1.807, 2.05) is 25.1 Å². The van der Waals surface area contributed by atoms with Crippen LogP contribution in [0.1, 0.15) is 11.1 Å². The summed E-state index contributed by atoms with van der Waals surface area (Å²) in [5, 5.41) is 0. The van der Waals surface area contributed by atoms with E-state index < -0.39 is 0 Å². The molecule has 0 radical (unpaired) electrons. The molecule has 0 saturated heterocycles. The van der Waals surface area contributed by atoms with Crippen molar-refractivity contribution in [1.29, 1.82) is 0 Å². The van der Waals surface area contributed by atoms with Crippen molar-refractivity contribution in [3.05, 3.63) is 35.9 Å². The van der Waals surface area contributed by atoms with Gasteiger partial charge in [0, 0.05) is 12.6 Å². The van der Waals surface area contributed by atoms with Crippen LogP contribution < -0.4 is 10.3 Å². The standard InChI is InChI=1S/C10H13NO/c1-4-9-7-8(2)5-6-10(9)12-11-3/h4-7,11H,1H2,2-3H3. The average molecular weight is 163 g/mol. The van der Waals surface area contributed by atoms with Crippen molar-refractivity contribution in [2.24, 2.45) is 0 Å². The van der Waals surface area contributed by atoms with Crippen LogP contribution in [-0.2, 0) is 0 Å². The fraction of sp³-hybridized carbons (Fsp3) is 0.200. The van der Waals surface area contributed by atoms with E-state index in [1.165, 1.54) is 5.56 Å². The highest BCUT2D eigenvalue weighted by molar-refractivity contribution is 5.56. The minimum absolute atomic E-state index is 0.804. The Hall–Kier alpha value is -1.28. The molecule has 0 aliphatic carbocycles. The molecule has 0 bridgehead atoms. The third kappa shape index (κ3) is 1.86. The van der Waals surface area contributed by atoms with Crippen molar-refractivity contribution >= 4 is 6.08 Å². The Morgan fingerprint density at radius 2 is 2.25 bits per heavy atom. The summed E-state index contributed by atoms with van der Waals surface area (Å²) in [4.78, 5) is 5.16. The largest absolute Gasteiger partial charge is 0.408 e. The van der Waals surface area contributed by atoms with Crippen LogP contribution in [0, 0.1) is 6.92 Å². The van der Waals surface area contributed by atoms with E-state index in [0.29, 0.717) is 0 Å². The molecule has 64 valence electrons. The van der Waals surface area contributed by atoms with Gasteiger partial charge in [-0.25, -0.2) is 0 Å². The molecule has 2 heteroatoms. The predicted octanol–water partition coefficient (Wildman–Crippen LogP) is 2.15. The minimum atomic E-state index is 0.804. The molecule has 0 amide bonds. The molecule has 0 unspecified atom stereocenters. The molecule has 0 fully saturated rings. The van der Waals surface area contributed by atoms with Crippen LogP contribution in [0.2, 0.25) is 0 Å². The number of hydrogen-bond acceptors (Lipinski definition) is 2. The Morgan fingerprint density at radius 3 is 2.83 bits per heavy atom. The fourth-order valence-electron chi connectivity index (χ4n) is 1.03. The molecule has 0 saturated carbocycles. The maximum absolute atomic E-state index is 5.16. The molecule has 0 spiro atoms. The van der Waals surface area contributed by atoms with Crippen molar-refractivity contribution in [2.45, 2.75) is 6.92 Å². The summed E-state index contributed by atoms with van der Waals surface area (Å²) in [6.07, 6.45) is 1.78. The van der Waals surface area contributed by atoms with Crippen LogP contribution >= 0.6 is 0 Å². The van der Waals surface area contributed by atoms with Gasteiger partial charge in [0.15, 0.2) is 5.75 Å². The number of aryl methyl sites for hydroxylation is 1. The Balaban J connectivity index is 3.02. The molecule has 0 atom stereocenters. The first-order valence-corrected chi connectivity index (χ1v) is 3.84. The van der Waals surface area contributed by atoms with Crippen molar-refractivity contribution in [3.63, 3.8) is 0 Å². The first-order valence-electron chi connectivity index (χ1n) is 3.84. The summed E-state index contributed by atoms with van der Waals surface area (Å²) in [6.45, 7) is 5.75. The van der Waals surface area contributed by atoms with Crippen LogP contribution in [0.5, 0.6) is 5.75 Å². The second kappa shape index (κ2) is 3.93. The van der Waals surface area contributed by atoms with Gasteiger partial charge < -0.3 is 4.84 Å². The van der Waals surface area contributed by atoms with Crippen LogP contribution in [0.25, 0.3) is 6.08 Å². The molecule has 0 aliphatic rings. The van der Waals surface area contributed by atoms with E-state index in [-0.39, 0.29) is 0 Å². The van der Waals surface area contributed by atoms with E-state index in [4.69, 9.17) is 4.84 Å². The van der Waals surface area contributed by atoms with Crippen LogP contribution in [0.3, 0.4) is 0 Å². The summed E-state index contributed by atoms with van der Waals surface area (Å²) in [5.41, 5.74) is 4.84. The topological polar surface area (TPSA) is 21.3 Å². The van der Waals surface area contributed by atoms with Gasteiger partial charge in [-0.15, -0.1) is 0 Å². The summed E-state index contributed by atoms with van der Waals surface area (Å²) < 4.78 is 0. The number of benzene rings is 1. The third-order valence-electron chi connectivity index (χ3n) is 1.60. The molecule has 2 nitrogen and oxygen atoms in total. The SMILES string of the molecule is C=Cc1cc(C)ccc1ONC. The average Bonchev–Trinajstić information content (AvgIpc) is 2.08. The lowest BCUT2D eigenvalue weighted by atomic mass is 10.1. The lowest BCUT2D eigenvalue weighted by molar-refractivity contribution is 0.223. The molecule has 1 N–H and O–H groups in total. The van der Waals surface area contributed by atoms with Gasteiger partial charge in [-0.05, 0) is 19.1 Å². The highest BCUT2D eigenvalue weighted by Crippen LogP contribution is 2.19. The van der Waals surface area contributed by atoms with Gasteiger partial charge in [-0.1, -0.05) is 24.3 Å². The molecule has 1 aromatic carbocycles. The zero-order valence-corrected chi connectivity index (χ0v) is 7.42. The van der Waals surface area contributed by atoms with E-state index in [2.05, 4.69) is 12.1 Å². The highest BCUT2D eigenvalue weighted by Gasteiger charge is 1.98. The fourth-order valence-corrected chi connectivity index (χ4v) is 1.03. The number of nitrogens with one attached hydrogen (secondary N) is 1. The molecular formula is C10H13NO. The Labute approximate surface area is 72.8 Å². The summed E-state index contributed by atoms with van der Waals surface area (Å²) in [5.74, 6) is 0.804. The first-order chi connectivity index (χ1) is 5.77. The Kier molecular flexibility index (Phi) is 2.88. The lowest BCUT2D eigenvalue weighted by Gasteiger charge is -2.06. The molecular weight excluding hydrogens is 150 g/mol. The van der Waals surface area contributed by atoms with Gasteiger partial charge in [0.1, 0.15) is 0 Å². The second-order valence-corrected chi connectivity index (χ2v) is 2.55. The van der Waals surface area contributed by atoms with Gasteiger partial charge in [-0.3, -0.25) is 0 Å². The Morgan fingerprint density at radius 1 is 1.50 bits per heavy atom. The Bertz CT molecular complexity index is 281. The van der Waals surface area contributed by atoms with Crippen LogP contribution in [0.4, 0.5) is 0 Å². The number of hydroxylamine groups is 1. The normalized spacial score (nSPS) is 9.50. The van der Waals surface area contributed by atoms with E-state index in [1.54, 1.807) is 13.1 Å². The predicted molar refractivity (Wildman–Crippen MR) is 51.0 cm³/mol. The van der Waals surface area contributed by atoms with Gasteiger partial charge >= 0.3 is 0 Å². The monoisotopic (exact) mass is 163 g/mol. The van der Waals surface area contributed by atoms with E-state index in [0.717, 1.165) is 11.3 Å². The number of rotatable bonds is 3. The molecule has 12 heavy (non-hydrogen) atoms. The molecule has 0 aromatic heterocycles. The summed E-state index contributed by atoms with van der Waals surface area (Å²) in [6, 6.07) is 5.95. The van der Waals surface area contributed by atoms with E-state index in [9.17, 15) is 0 Å². The van der Waals surface area contributed by atoms with E-state index >= 15 is 0 Å². The van der Waals surface area contributed by atoms with Crippen molar-refractivity contribution < 1.29 is 4.84 Å². The second-order valence-electron chi connectivity index (χ2n) is 2.55. The van der Waals surface area contributed by atoms with Gasteiger partial charge in [0.2, 0.25) is 0 Å². The lowest BCUT2D eigenvalue weighted by Crippen LogP contribution is -2.11. The summed E-state index contributed by atoms with van der Waals surface area (Å²) >= 11 is 0. The highest BCUT2D eigenvalue weighted by atomic mass is 16.6. The molecule has 1 rings (SSSR count). The van der Waals surface area contributed by atoms with Crippen molar-refractivity contribution in [2.75, 3.05) is 7.05 Å². The quantitative estimate of drug-likeness (QED) is 0.689. The first kappa shape index (κ1) is 8.81. The summed E-state index contributed by atoms with van der Waals surface area (Å²) in [7, 11) is 1.73. The smallest absolute Gasteiger partial charge is 0.154 e. The van der Waals surface area contributed by atoms with Gasteiger partial charge in [0.25, 0.3) is 0 Å². The van der Waals surface area contributed by atoms with Crippen LogP contribution in [0.15, 0.2) is 24.8 Å². The number of hydrogen-bond donors (Lipinski definition) is 1. The van der Waals surface area contributed by atoms with Gasteiger partial charge in [0.05, 0.1) is 0 Å². The zero-order valence-electron chi connectivity index (χ0n) is 7.42. The molecule has 0 aliphatic heterocycles. The van der Waals surface area contributed by atoms with Crippen molar-refractivity contribution in [1.82, 2.24) is 5.48 Å². The minimum Gasteiger partial charge on any atom is -0.408 e. The molecule has 1 aromatic rings. The van der Waals surface area contributed by atoms with Crippen molar-refractivity contribution in [3.8, 4) is 5.75 Å². The zero-order chi connectivity index (χ0) is 8.97. The molecule has 0 heterocycles. The maximum atomic E-state index is 5.16. The van der Waals surface area contributed by atoms with Gasteiger partial charge in [-0.2, -0.15) is 5.48 Å².